The van der Waals surface area contributed by atoms with Crippen LogP contribution in [0.4, 0.5) is 0 Å². The number of hydrogen-bond acceptors (Lipinski definition) is 4. The van der Waals surface area contributed by atoms with Crippen LogP contribution in [-0.4, -0.2) is 26.7 Å². The van der Waals surface area contributed by atoms with E-state index in [2.05, 4.69) is 11.9 Å². The van der Waals surface area contributed by atoms with E-state index in [0.29, 0.717) is 16.9 Å². The molecule has 0 radical (unpaired) electrons. The number of sulfone groups is 1. The van der Waals surface area contributed by atoms with E-state index in [1.807, 2.05) is 0 Å². The molecule has 1 aliphatic rings. The van der Waals surface area contributed by atoms with Crippen LogP contribution < -0.4 is 10.1 Å². The molecule has 0 saturated carbocycles. The van der Waals surface area contributed by atoms with Crippen LogP contribution in [0.3, 0.4) is 0 Å². The maximum atomic E-state index is 12.6. The van der Waals surface area contributed by atoms with Crippen LogP contribution in [0.15, 0.2) is 66.1 Å². The Bertz CT molecular complexity index is 889. The molecule has 0 unspecified atom stereocenters. The van der Waals surface area contributed by atoms with Gasteiger partial charge in [-0.3, -0.25) is 4.79 Å². The zero-order valence-corrected chi connectivity index (χ0v) is 13.8. The molecule has 1 amide bonds. The zero-order valence-electron chi connectivity index (χ0n) is 12.9. The first kappa shape index (κ1) is 16.3. The Hall–Kier alpha value is -2.60. The lowest BCUT2D eigenvalue weighted by Crippen LogP contribution is -2.30. The van der Waals surface area contributed by atoms with Crippen molar-refractivity contribution in [3.63, 3.8) is 0 Å². The van der Waals surface area contributed by atoms with Gasteiger partial charge in [-0.1, -0.05) is 43.0 Å². The summed E-state index contributed by atoms with van der Waals surface area (Å²) in [6.45, 7) is 3.86. The van der Waals surface area contributed by atoms with Crippen LogP contribution in [-0.2, 0) is 9.84 Å². The smallest absolute Gasteiger partial charge is 0.255 e. The molecule has 1 heterocycles. The molecule has 2 aromatic carbocycles. The molecule has 124 valence electrons. The van der Waals surface area contributed by atoms with E-state index in [9.17, 15) is 13.2 Å². The molecule has 0 aliphatic carbocycles. The average Bonchev–Trinajstić information content (AvgIpc) is 2.84. The lowest BCUT2D eigenvalue weighted by molar-refractivity contribution is 0.0937. The molecule has 1 N–H and O–H groups in total. The van der Waals surface area contributed by atoms with Crippen LogP contribution in [0.5, 0.6) is 5.75 Å². The minimum absolute atomic E-state index is 0.131. The number of carbonyl (C=O) groups excluding carboxylic acids is 1. The van der Waals surface area contributed by atoms with E-state index >= 15 is 0 Å². The van der Waals surface area contributed by atoms with Crippen molar-refractivity contribution in [2.75, 3.05) is 12.4 Å². The molecule has 5 nitrogen and oxygen atoms in total. The second kappa shape index (κ2) is 6.49. The number of para-hydroxylation sites is 1. The molecule has 0 spiro atoms. The van der Waals surface area contributed by atoms with E-state index in [4.69, 9.17) is 4.74 Å². The van der Waals surface area contributed by atoms with Gasteiger partial charge in [0.15, 0.2) is 9.84 Å². The monoisotopic (exact) mass is 343 g/mol. The molecule has 6 heteroatoms. The van der Waals surface area contributed by atoms with Crippen LogP contribution >= 0.6 is 0 Å². The Morgan fingerprint density at radius 3 is 2.71 bits per heavy atom. The van der Waals surface area contributed by atoms with Crippen molar-refractivity contribution in [3.8, 4) is 5.75 Å². The first-order valence-electron chi connectivity index (χ1n) is 7.48. The quantitative estimate of drug-likeness (QED) is 0.847. The summed E-state index contributed by atoms with van der Waals surface area (Å²) in [6, 6.07) is 13.0. The van der Waals surface area contributed by atoms with Gasteiger partial charge in [0.05, 0.1) is 22.3 Å². The first-order chi connectivity index (χ1) is 11.5. The topological polar surface area (TPSA) is 72.5 Å². The predicted octanol–water partition coefficient (Wildman–Crippen LogP) is 2.51. The number of nitrogens with one attached hydrogen (secondary N) is 1. The van der Waals surface area contributed by atoms with Gasteiger partial charge in [-0.25, -0.2) is 8.42 Å². The van der Waals surface area contributed by atoms with E-state index < -0.39 is 15.9 Å². The molecule has 0 aromatic heterocycles. The lowest BCUT2D eigenvalue weighted by atomic mass is 10.1. The fourth-order valence-electron chi connectivity index (χ4n) is 2.73. The lowest BCUT2D eigenvalue weighted by Gasteiger charge is -2.15. The molecule has 1 aliphatic heterocycles. The average molecular weight is 343 g/mol. The molecule has 3 rings (SSSR count). The fraction of sp³-hybridized carbons (Fsp3) is 0.167. The van der Waals surface area contributed by atoms with Gasteiger partial charge in [0.2, 0.25) is 0 Å². The normalized spacial score (nSPS) is 17.8. The standard InChI is InChI=1S/C18H17NO4S/c1-2-11-23-16-9-5-3-8-14(16)18(20)19-15-12-24(21,22)17-10-6-4-7-13(15)17/h2-10,15H,1,11-12H2,(H,19,20)/t15-/m1/s1. The predicted molar refractivity (Wildman–Crippen MR) is 90.8 cm³/mol. The van der Waals surface area contributed by atoms with Crippen molar-refractivity contribution in [1.82, 2.24) is 5.32 Å². The highest BCUT2D eigenvalue weighted by Crippen LogP contribution is 2.33. The third kappa shape index (κ3) is 3.05. The van der Waals surface area contributed by atoms with Crippen molar-refractivity contribution in [3.05, 3.63) is 72.3 Å². The van der Waals surface area contributed by atoms with Crippen molar-refractivity contribution in [1.29, 1.82) is 0 Å². The summed E-state index contributed by atoms with van der Waals surface area (Å²) in [4.78, 5) is 12.9. The minimum Gasteiger partial charge on any atom is -0.489 e. The Labute approximate surface area is 140 Å². The Morgan fingerprint density at radius 1 is 1.21 bits per heavy atom. The van der Waals surface area contributed by atoms with Crippen molar-refractivity contribution in [2.24, 2.45) is 0 Å². The highest BCUT2D eigenvalue weighted by atomic mass is 32.2. The maximum absolute atomic E-state index is 12.6. The minimum atomic E-state index is -3.37. The van der Waals surface area contributed by atoms with Crippen molar-refractivity contribution >= 4 is 15.7 Å². The summed E-state index contributed by atoms with van der Waals surface area (Å²) in [6.07, 6.45) is 1.59. The summed E-state index contributed by atoms with van der Waals surface area (Å²) in [7, 11) is -3.37. The number of ether oxygens (including phenoxy) is 1. The Balaban J connectivity index is 1.86. The number of benzene rings is 2. The van der Waals surface area contributed by atoms with Gasteiger partial charge in [-0.05, 0) is 23.8 Å². The maximum Gasteiger partial charge on any atom is 0.255 e. The van der Waals surface area contributed by atoms with Gasteiger partial charge in [0.1, 0.15) is 12.4 Å². The highest BCUT2D eigenvalue weighted by molar-refractivity contribution is 7.91. The molecular formula is C18H17NO4S. The van der Waals surface area contributed by atoms with Gasteiger partial charge >= 0.3 is 0 Å². The SMILES string of the molecule is C=CCOc1ccccc1C(=O)N[C@@H]1CS(=O)(=O)c2ccccc21. The summed E-state index contributed by atoms with van der Waals surface area (Å²) in [5.41, 5.74) is 0.983. The van der Waals surface area contributed by atoms with Gasteiger partial charge in [0.25, 0.3) is 5.91 Å². The molecule has 1 atom stereocenters. The Kier molecular flexibility index (Phi) is 4.40. The third-order valence-electron chi connectivity index (χ3n) is 3.81. The van der Waals surface area contributed by atoms with E-state index in [-0.39, 0.29) is 23.2 Å². The zero-order chi connectivity index (χ0) is 17.2. The molecule has 2 aromatic rings. The molecule has 0 bridgehead atoms. The number of hydrogen-bond donors (Lipinski definition) is 1. The molecule has 24 heavy (non-hydrogen) atoms. The number of amides is 1. The first-order valence-corrected chi connectivity index (χ1v) is 9.13. The van der Waals surface area contributed by atoms with E-state index in [1.54, 1.807) is 54.6 Å². The molecule has 0 fully saturated rings. The van der Waals surface area contributed by atoms with E-state index in [0.717, 1.165) is 0 Å². The molecule has 0 saturated heterocycles. The summed E-state index contributed by atoms with van der Waals surface area (Å²) in [5, 5.41) is 2.80. The highest BCUT2D eigenvalue weighted by Gasteiger charge is 2.35. The second-order valence-corrected chi connectivity index (χ2v) is 7.44. The number of fused-ring (bicyclic) bond motifs is 1. The second-order valence-electron chi connectivity index (χ2n) is 5.44. The van der Waals surface area contributed by atoms with Gasteiger partial charge in [0, 0.05) is 0 Å². The summed E-state index contributed by atoms with van der Waals surface area (Å²) >= 11 is 0. The summed E-state index contributed by atoms with van der Waals surface area (Å²) < 4.78 is 29.9. The van der Waals surface area contributed by atoms with Gasteiger partial charge in [-0.2, -0.15) is 0 Å². The third-order valence-corrected chi connectivity index (χ3v) is 5.62. The molecular weight excluding hydrogens is 326 g/mol. The van der Waals surface area contributed by atoms with Crippen LogP contribution in [0.25, 0.3) is 0 Å². The largest absolute Gasteiger partial charge is 0.489 e. The van der Waals surface area contributed by atoms with Gasteiger partial charge in [-0.15, -0.1) is 0 Å². The van der Waals surface area contributed by atoms with E-state index in [1.165, 1.54) is 0 Å². The van der Waals surface area contributed by atoms with Crippen molar-refractivity contribution < 1.29 is 17.9 Å². The number of rotatable bonds is 5. The van der Waals surface area contributed by atoms with Crippen LogP contribution in [0, 0.1) is 0 Å². The Morgan fingerprint density at radius 2 is 1.92 bits per heavy atom. The van der Waals surface area contributed by atoms with Crippen LogP contribution in [0.1, 0.15) is 22.0 Å². The van der Waals surface area contributed by atoms with Crippen LogP contribution in [0.2, 0.25) is 0 Å². The fourth-order valence-corrected chi connectivity index (χ4v) is 4.47. The summed E-state index contributed by atoms with van der Waals surface area (Å²) in [5.74, 6) is -0.0658. The van der Waals surface area contributed by atoms with Gasteiger partial charge < -0.3 is 10.1 Å². The van der Waals surface area contributed by atoms with Crippen molar-refractivity contribution in [2.45, 2.75) is 10.9 Å². The number of carbonyl (C=O) groups is 1.